The van der Waals surface area contributed by atoms with Crippen LogP contribution in [0.3, 0.4) is 0 Å². The standard InChI is InChI=1S/C13H27N3O2/c1-18-12-11-16(10-6-7-14)13(17)15-8-4-2-3-5-9-15/h2-12,14H2,1H3. The summed E-state index contributed by atoms with van der Waals surface area (Å²) in [5, 5.41) is 0. The molecule has 0 aromatic carbocycles. The first-order valence-corrected chi connectivity index (χ1v) is 7.02. The summed E-state index contributed by atoms with van der Waals surface area (Å²) in [5.41, 5.74) is 5.53. The Bertz CT molecular complexity index is 220. The second kappa shape index (κ2) is 9.16. The van der Waals surface area contributed by atoms with E-state index in [0.717, 1.165) is 38.9 Å². The first-order chi connectivity index (χ1) is 8.79. The molecule has 0 aliphatic carbocycles. The van der Waals surface area contributed by atoms with E-state index in [4.69, 9.17) is 10.5 Å². The Balaban J connectivity index is 2.49. The summed E-state index contributed by atoms with van der Waals surface area (Å²) in [6.45, 7) is 4.39. The third-order valence-corrected chi connectivity index (χ3v) is 3.34. The van der Waals surface area contributed by atoms with Crippen LogP contribution in [0.1, 0.15) is 32.1 Å². The first-order valence-electron chi connectivity index (χ1n) is 7.02. The van der Waals surface area contributed by atoms with Gasteiger partial charge in [-0.2, -0.15) is 0 Å². The second-order valence-electron chi connectivity index (χ2n) is 4.81. The molecule has 5 nitrogen and oxygen atoms in total. The summed E-state index contributed by atoms with van der Waals surface area (Å²) >= 11 is 0. The zero-order chi connectivity index (χ0) is 13.2. The van der Waals surface area contributed by atoms with E-state index < -0.39 is 0 Å². The van der Waals surface area contributed by atoms with Gasteiger partial charge in [-0.3, -0.25) is 0 Å². The molecule has 1 saturated heterocycles. The lowest BCUT2D eigenvalue weighted by molar-refractivity contribution is 0.125. The normalized spacial score (nSPS) is 16.4. The highest BCUT2D eigenvalue weighted by Gasteiger charge is 2.21. The maximum Gasteiger partial charge on any atom is 0.320 e. The molecule has 0 radical (unpaired) electrons. The number of nitrogens with zero attached hydrogens (tertiary/aromatic N) is 2. The molecule has 0 unspecified atom stereocenters. The number of hydrogen-bond acceptors (Lipinski definition) is 3. The quantitative estimate of drug-likeness (QED) is 0.780. The van der Waals surface area contributed by atoms with E-state index in [9.17, 15) is 4.79 Å². The van der Waals surface area contributed by atoms with Gasteiger partial charge in [0.25, 0.3) is 0 Å². The number of likely N-dealkylation sites (tertiary alicyclic amines) is 1. The van der Waals surface area contributed by atoms with Crippen LogP contribution in [0.5, 0.6) is 0 Å². The Morgan fingerprint density at radius 2 is 1.89 bits per heavy atom. The summed E-state index contributed by atoms with van der Waals surface area (Å²) in [5.74, 6) is 0. The van der Waals surface area contributed by atoms with Crippen molar-refractivity contribution in [3.8, 4) is 0 Å². The largest absolute Gasteiger partial charge is 0.383 e. The predicted octanol–water partition coefficient (Wildman–Crippen LogP) is 1.28. The Kier molecular flexibility index (Phi) is 7.76. The topological polar surface area (TPSA) is 58.8 Å². The van der Waals surface area contributed by atoms with Crippen LogP contribution >= 0.6 is 0 Å². The molecule has 0 atom stereocenters. The maximum absolute atomic E-state index is 12.4. The summed E-state index contributed by atoms with van der Waals surface area (Å²) in [4.78, 5) is 16.3. The Morgan fingerprint density at radius 3 is 2.44 bits per heavy atom. The van der Waals surface area contributed by atoms with E-state index in [-0.39, 0.29) is 6.03 Å². The van der Waals surface area contributed by atoms with Crippen LogP contribution in [0.25, 0.3) is 0 Å². The van der Waals surface area contributed by atoms with Crippen LogP contribution in [0.4, 0.5) is 4.79 Å². The van der Waals surface area contributed by atoms with Crippen molar-refractivity contribution in [2.24, 2.45) is 5.73 Å². The van der Waals surface area contributed by atoms with Crippen LogP contribution in [-0.4, -0.2) is 62.3 Å². The Labute approximate surface area is 110 Å². The van der Waals surface area contributed by atoms with Gasteiger partial charge in [0, 0.05) is 33.3 Å². The fraction of sp³-hybridized carbons (Fsp3) is 0.923. The van der Waals surface area contributed by atoms with Gasteiger partial charge in [-0.05, 0) is 25.8 Å². The molecule has 1 aliphatic rings. The van der Waals surface area contributed by atoms with Crippen LogP contribution in [0.15, 0.2) is 0 Å². The minimum atomic E-state index is 0.155. The molecule has 0 spiro atoms. The Morgan fingerprint density at radius 1 is 1.22 bits per heavy atom. The molecule has 0 saturated carbocycles. The highest BCUT2D eigenvalue weighted by molar-refractivity contribution is 5.74. The number of carbonyl (C=O) groups is 1. The minimum absolute atomic E-state index is 0.155. The monoisotopic (exact) mass is 257 g/mol. The average Bonchev–Trinajstić information content (AvgIpc) is 2.67. The van der Waals surface area contributed by atoms with E-state index in [2.05, 4.69) is 0 Å². The molecular formula is C13H27N3O2. The van der Waals surface area contributed by atoms with Crippen LogP contribution < -0.4 is 5.73 Å². The highest BCUT2D eigenvalue weighted by atomic mass is 16.5. The van der Waals surface area contributed by atoms with Crippen molar-refractivity contribution >= 4 is 6.03 Å². The number of ether oxygens (including phenoxy) is 1. The van der Waals surface area contributed by atoms with Crippen molar-refractivity contribution in [3.05, 3.63) is 0 Å². The van der Waals surface area contributed by atoms with Crippen molar-refractivity contribution in [2.45, 2.75) is 32.1 Å². The van der Waals surface area contributed by atoms with Crippen molar-refractivity contribution < 1.29 is 9.53 Å². The first kappa shape index (κ1) is 15.2. The fourth-order valence-electron chi connectivity index (χ4n) is 2.25. The van der Waals surface area contributed by atoms with Gasteiger partial charge in [0.2, 0.25) is 0 Å². The van der Waals surface area contributed by atoms with E-state index in [0.29, 0.717) is 19.7 Å². The molecule has 5 heteroatoms. The average molecular weight is 257 g/mol. The smallest absolute Gasteiger partial charge is 0.320 e. The van der Waals surface area contributed by atoms with E-state index in [1.165, 1.54) is 12.8 Å². The van der Waals surface area contributed by atoms with Gasteiger partial charge in [0.15, 0.2) is 0 Å². The molecule has 0 aromatic heterocycles. The molecular weight excluding hydrogens is 230 g/mol. The molecule has 2 amide bonds. The fourth-order valence-corrected chi connectivity index (χ4v) is 2.25. The summed E-state index contributed by atoms with van der Waals surface area (Å²) < 4.78 is 5.07. The molecule has 18 heavy (non-hydrogen) atoms. The van der Waals surface area contributed by atoms with Crippen LogP contribution in [0.2, 0.25) is 0 Å². The molecule has 2 N–H and O–H groups in total. The number of urea groups is 1. The van der Waals surface area contributed by atoms with Crippen molar-refractivity contribution in [2.75, 3.05) is 46.4 Å². The number of hydrogen-bond donors (Lipinski definition) is 1. The SMILES string of the molecule is COCCN(CCCN)C(=O)N1CCCCCC1. The third-order valence-electron chi connectivity index (χ3n) is 3.34. The van der Waals surface area contributed by atoms with E-state index >= 15 is 0 Å². The molecule has 106 valence electrons. The van der Waals surface area contributed by atoms with Crippen molar-refractivity contribution in [1.29, 1.82) is 0 Å². The molecule has 0 aromatic rings. The highest BCUT2D eigenvalue weighted by Crippen LogP contribution is 2.12. The summed E-state index contributed by atoms with van der Waals surface area (Å²) in [6.07, 6.45) is 5.58. The van der Waals surface area contributed by atoms with Crippen molar-refractivity contribution in [3.63, 3.8) is 0 Å². The summed E-state index contributed by atoms with van der Waals surface area (Å²) in [6, 6.07) is 0.155. The van der Waals surface area contributed by atoms with Crippen molar-refractivity contribution in [1.82, 2.24) is 9.80 Å². The number of methoxy groups -OCH3 is 1. The lowest BCUT2D eigenvalue weighted by Crippen LogP contribution is -2.45. The minimum Gasteiger partial charge on any atom is -0.383 e. The van der Waals surface area contributed by atoms with Gasteiger partial charge in [0.05, 0.1) is 6.61 Å². The number of nitrogens with two attached hydrogens (primary N) is 1. The number of amides is 2. The van der Waals surface area contributed by atoms with Gasteiger partial charge in [-0.25, -0.2) is 4.79 Å². The predicted molar refractivity (Wildman–Crippen MR) is 72.6 cm³/mol. The van der Waals surface area contributed by atoms with Gasteiger partial charge < -0.3 is 20.3 Å². The van der Waals surface area contributed by atoms with Gasteiger partial charge in [-0.15, -0.1) is 0 Å². The lowest BCUT2D eigenvalue weighted by atomic mass is 10.2. The van der Waals surface area contributed by atoms with Gasteiger partial charge in [0.1, 0.15) is 0 Å². The lowest BCUT2D eigenvalue weighted by Gasteiger charge is -2.29. The van der Waals surface area contributed by atoms with E-state index in [1.54, 1.807) is 7.11 Å². The number of carbonyl (C=O) groups excluding carboxylic acids is 1. The Hall–Kier alpha value is -0.810. The van der Waals surface area contributed by atoms with Gasteiger partial charge >= 0.3 is 6.03 Å². The second-order valence-corrected chi connectivity index (χ2v) is 4.81. The van der Waals surface area contributed by atoms with Crippen LogP contribution in [0, 0.1) is 0 Å². The molecule has 1 heterocycles. The maximum atomic E-state index is 12.4. The van der Waals surface area contributed by atoms with Crippen LogP contribution in [-0.2, 0) is 4.74 Å². The van der Waals surface area contributed by atoms with Gasteiger partial charge in [-0.1, -0.05) is 12.8 Å². The molecule has 1 fully saturated rings. The third kappa shape index (κ3) is 5.23. The molecule has 1 aliphatic heterocycles. The number of rotatable bonds is 6. The molecule has 1 rings (SSSR count). The molecule has 0 bridgehead atoms. The zero-order valence-electron chi connectivity index (χ0n) is 11.6. The zero-order valence-corrected chi connectivity index (χ0v) is 11.6. The summed E-state index contributed by atoms with van der Waals surface area (Å²) in [7, 11) is 1.66. The van der Waals surface area contributed by atoms with E-state index in [1.807, 2.05) is 9.80 Å².